The van der Waals surface area contributed by atoms with Crippen LogP contribution in [0.4, 0.5) is 0 Å². The highest BCUT2D eigenvalue weighted by Gasteiger charge is 2.50. The number of benzene rings is 1. The number of likely N-dealkylation sites (N-methyl/N-ethyl adjacent to an activating group) is 1. The van der Waals surface area contributed by atoms with E-state index in [0.717, 1.165) is 46.3 Å². The van der Waals surface area contributed by atoms with Gasteiger partial charge in [0.15, 0.2) is 0 Å². The Bertz CT molecular complexity index is 671. The molecule has 5 rings (SSSR count). The van der Waals surface area contributed by atoms with Gasteiger partial charge in [0.1, 0.15) is 11.5 Å². The lowest BCUT2D eigenvalue weighted by molar-refractivity contribution is -0.140. The molecule has 0 heterocycles. The molecular formula is C22H31NO3. The Kier molecular flexibility index (Phi) is 4.62. The summed E-state index contributed by atoms with van der Waals surface area (Å²) in [5.74, 6) is 5.06. The summed E-state index contributed by atoms with van der Waals surface area (Å²) < 4.78 is 10.8. The van der Waals surface area contributed by atoms with Crippen molar-refractivity contribution in [2.75, 3.05) is 21.3 Å². The smallest absolute Gasteiger partial charge is 0.227 e. The lowest BCUT2D eigenvalue weighted by Crippen LogP contribution is -2.56. The van der Waals surface area contributed by atoms with E-state index in [1.54, 1.807) is 14.2 Å². The van der Waals surface area contributed by atoms with E-state index < -0.39 is 0 Å². The molecule has 1 amide bonds. The zero-order chi connectivity index (χ0) is 18.4. The Labute approximate surface area is 156 Å². The lowest BCUT2D eigenvalue weighted by atomic mass is 9.54. The van der Waals surface area contributed by atoms with Crippen molar-refractivity contribution >= 4 is 5.91 Å². The predicted molar refractivity (Wildman–Crippen MR) is 102 cm³/mol. The van der Waals surface area contributed by atoms with Crippen LogP contribution in [0.2, 0.25) is 0 Å². The minimum Gasteiger partial charge on any atom is -0.497 e. The number of hydrogen-bond acceptors (Lipinski definition) is 3. The Hall–Kier alpha value is -1.71. The zero-order valence-electron chi connectivity index (χ0n) is 16.5. The van der Waals surface area contributed by atoms with Crippen molar-refractivity contribution in [2.45, 2.75) is 51.5 Å². The number of amides is 1. The van der Waals surface area contributed by atoms with Crippen LogP contribution in [0.5, 0.6) is 11.5 Å². The summed E-state index contributed by atoms with van der Waals surface area (Å²) in [4.78, 5) is 15.2. The van der Waals surface area contributed by atoms with Crippen molar-refractivity contribution in [1.82, 2.24) is 4.90 Å². The van der Waals surface area contributed by atoms with E-state index in [1.807, 2.05) is 26.1 Å². The fourth-order valence-electron chi connectivity index (χ4n) is 6.21. The molecule has 0 N–H and O–H groups in total. The Balaban J connectivity index is 1.52. The molecule has 1 aromatic carbocycles. The number of methoxy groups -OCH3 is 2. The first kappa shape index (κ1) is 17.7. The molecule has 0 saturated heterocycles. The number of ether oxygens (including phenoxy) is 2. The zero-order valence-corrected chi connectivity index (χ0v) is 16.5. The molecule has 0 radical (unpaired) electrons. The summed E-state index contributed by atoms with van der Waals surface area (Å²) in [6, 6.07) is 4.30. The quantitative estimate of drug-likeness (QED) is 0.804. The van der Waals surface area contributed by atoms with Gasteiger partial charge in [0.2, 0.25) is 5.91 Å². The van der Waals surface area contributed by atoms with Crippen LogP contribution in [0, 0.1) is 30.6 Å². The number of carbonyl (C=O) groups excluding carboxylic acids is 1. The molecule has 4 aliphatic rings. The summed E-state index contributed by atoms with van der Waals surface area (Å²) in [7, 11) is 5.34. The normalized spacial score (nSPS) is 31.8. The minimum atomic E-state index is 0.223. The van der Waals surface area contributed by atoms with Crippen molar-refractivity contribution in [3.8, 4) is 11.5 Å². The fraction of sp³-hybridized carbons (Fsp3) is 0.682. The largest absolute Gasteiger partial charge is 0.497 e. The topological polar surface area (TPSA) is 38.8 Å². The highest BCUT2D eigenvalue weighted by atomic mass is 16.5. The Morgan fingerprint density at radius 1 is 1.04 bits per heavy atom. The third-order valence-electron chi connectivity index (χ3n) is 7.26. The van der Waals surface area contributed by atoms with E-state index in [1.165, 1.54) is 32.1 Å². The molecule has 0 aliphatic heterocycles. The van der Waals surface area contributed by atoms with Crippen molar-refractivity contribution in [3.05, 3.63) is 23.3 Å². The number of nitrogens with zero attached hydrogens (tertiary/aromatic N) is 1. The summed E-state index contributed by atoms with van der Waals surface area (Å²) in [5.41, 5.74) is 2.03. The highest BCUT2D eigenvalue weighted by Crippen LogP contribution is 2.55. The van der Waals surface area contributed by atoms with Gasteiger partial charge in [0.05, 0.1) is 20.6 Å². The molecule has 4 heteroatoms. The van der Waals surface area contributed by atoms with Crippen molar-refractivity contribution in [2.24, 2.45) is 23.7 Å². The average Bonchev–Trinajstić information content (AvgIpc) is 2.62. The van der Waals surface area contributed by atoms with Gasteiger partial charge >= 0.3 is 0 Å². The maximum atomic E-state index is 13.1. The summed E-state index contributed by atoms with van der Waals surface area (Å²) in [6.45, 7) is 2.02. The standard InChI is InChI=1S/C22H31NO3/c1-13-16(10-19(25-3)12-20(13)26-4)11-21(24)23(2)22-17-6-14-5-15(8-17)9-18(22)7-14/h10,12,14-15,17-18,22H,5-9,11H2,1-4H3. The second kappa shape index (κ2) is 6.79. The van der Waals surface area contributed by atoms with E-state index in [9.17, 15) is 4.79 Å². The monoisotopic (exact) mass is 357 g/mol. The van der Waals surface area contributed by atoms with Crippen LogP contribution in [-0.4, -0.2) is 38.1 Å². The SMILES string of the molecule is COc1cc(CC(=O)N(C)C2C3CC4CC(C3)CC2C4)c(C)c(OC)c1. The second-order valence-corrected chi connectivity index (χ2v) is 8.72. The summed E-state index contributed by atoms with van der Waals surface area (Å²) in [6.07, 6.45) is 7.20. The molecule has 142 valence electrons. The third-order valence-corrected chi connectivity index (χ3v) is 7.26. The third kappa shape index (κ3) is 2.97. The van der Waals surface area contributed by atoms with E-state index in [2.05, 4.69) is 4.90 Å². The van der Waals surface area contributed by atoms with Crippen LogP contribution in [0.15, 0.2) is 12.1 Å². The van der Waals surface area contributed by atoms with Gasteiger partial charge in [0.25, 0.3) is 0 Å². The molecule has 4 saturated carbocycles. The minimum absolute atomic E-state index is 0.223. The van der Waals surface area contributed by atoms with Gasteiger partial charge in [-0.15, -0.1) is 0 Å². The van der Waals surface area contributed by atoms with Crippen LogP contribution in [0.1, 0.15) is 43.2 Å². The van der Waals surface area contributed by atoms with Crippen molar-refractivity contribution in [1.29, 1.82) is 0 Å². The molecule has 26 heavy (non-hydrogen) atoms. The summed E-state index contributed by atoms with van der Waals surface area (Å²) in [5, 5.41) is 0. The highest BCUT2D eigenvalue weighted by molar-refractivity contribution is 5.79. The van der Waals surface area contributed by atoms with Crippen molar-refractivity contribution < 1.29 is 14.3 Å². The van der Waals surface area contributed by atoms with Crippen LogP contribution >= 0.6 is 0 Å². The molecule has 0 spiro atoms. The number of hydrogen-bond donors (Lipinski definition) is 0. The van der Waals surface area contributed by atoms with Gasteiger partial charge in [-0.05, 0) is 79.9 Å². The summed E-state index contributed by atoms with van der Waals surface area (Å²) >= 11 is 0. The molecule has 4 aliphatic carbocycles. The van der Waals surface area contributed by atoms with Gasteiger partial charge in [0, 0.05) is 19.2 Å². The number of rotatable bonds is 5. The first-order chi connectivity index (χ1) is 12.5. The Morgan fingerprint density at radius 2 is 1.65 bits per heavy atom. The molecule has 0 aromatic heterocycles. The van der Waals surface area contributed by atoms with E-state index >= 15 is 0 Å². The molecule has 0 atom stereocenters. The van der Waals surface area contributed by atoms with Crippen molar-refractivity contribution in [3.63, 3.8) is 0 Å². The van der Waals surface area contributed by atoms with Gasteiger partial charge in [-0.1, -0.05) is 0 Å². The van der Waals surface area contributed by atoms with E-state index in [-0.39, 0.29) is 5.91 Å². The maximum Gasteiger partial charge on any atom is 0.227 e. The molecule has 4 fully saturated rings. The van der Waals surface area contributed by atoms with Crippen LogP contribution < -0.4 is 9.47 Å². The van der Waals surface area contributed by atoms with E-state index in [0.29, 0.717) is 12.5 Å². The first-order valence-electron chi connectivity index (χ1n) is 9.97. The predicted octanol–water partition coefficient (Wildman–Crippen LogP) is 3.84. The molecule has 4 nitrogen and oxygen atoms in total. The van der Waals surface area contributed by atoms with Gasteiger partial charge in [-0.25, -0.2) is 0 Å². The number of carbonyl (C=O) groups is 1. The maximum absolute atomic E-state index is 13.1. The lowest BCUT2D eigenvalue weighted by Gasteiger charge is -2.56. The molecular weight excluding hydrogens is 326 g/mol. The second-order valence-electron chi connectivity index (χ2n) is 8.72. The molecule has 4 bridgehead atoms. The van der Waals surface area contributed by atoms with Crippen LogP contribution in [0.3, 0.4) is 0 Å². The fourth-order valence-corrected chi connectivity index (χ4v) is 6.21. The molecule has 1 aromatic rings. The van der Waals surface area contributed by atoms with Crippen LogP contribution in [0.25, 0.3) is 0 Å². The van der Waals surface area contributed by atoms with E-state index in [4.69, 9.17) is 9.47 Å². The average molecular weight is 357 g/mol. The molecule has 0 unspecified atom stereocenters. The van der Waals surface area contributed by atoms with Gasteiger partial charge in [-0.2, -0.15) is 0 Å². The Morgan fingerprint density at radius 3 is 2.19 bits per heavy atom. The first-order valence-corrected chi connectivity index (χ1v) is 9.97. The van der Waals surface area contributed by atoms with Gasteiger partial charge < -0.3 is 14.4 Å². The van der Waals surface area contributed by atoms with Gasteiger partial charge in [-0.3, -0.25) is 4.79 Å². The van der Waals surface area contributed by atoms with Crippen LogP contribution in [-0.2, 0) is 11.2 Å².